The molecule has 2 aromatic rings. The summed E-state index contributed by atoms with van der Waals surface area (Å²) in [7, 11) is 1.64. The lowest BCUT2D eigenvalue weighted by atomic mass is 9.97. The third-order valence-electron chi connectivity index (χ3n) is 4.41. The first kappa shape index (κ1) is 20.2. The lowest BCUT2D eigenvalue weighted by Gasteiger charge is -2.24. The smallest absolute Gasteiger partial charge is 0.253 e. The highest BCUT2D eigenvalue weighted by Crippen LogP contribution is 2.25. The minimum absolute atomic E-state index is 0.0992. The number of nitrogens with two attached hydrogens (primary N) is 1. The Morgan fingerprint density at radius 1 is 1.11 bits per heavy atom. The van der Waals surface area contributed by atoms with Crippen LogP contribution >= 0.6 is 0 Å². The summed E-state index contributed by atoms with van der Waals surface area (Å²) in [5.41, 5.74) is 7.80. The molecule has 0 aromatic heterocycles. The number of carbonyl (C=O) groups is 3. The molecule has 0 bridgehead atoms. The van der Waals surface area contributed by atoms with Crippen LogP contribution in [0.1, 0.15) is 41.0 Å². The molecule has 1 atom stereocenters. The van der Waals surface area contributed by atoms with Crippen LogP contribution in [-0.4, -0.2) is 42.3 Å². The Labute approximate surface area is 159 Å². The van der Waals surface area contributed by atoms with E-state index in [9.17, 15) is 14.4 Å². The topological polar surface area (TPSA) is 92.5 Å². The van der Waals surface area contributed by atoms with Gasteiger partial charge in [0.15, 0.2) is 0 Å². The highest BCUT2D eigenvalue weighted by molar-refractivity contribution is 6.02. The molecule has 0 saturated carbocycles. The number of rotatable bonds is 7. The van der Waals surface area contributed by atoms with Crippen molar-refractivity contribution in [3.05, 3.63) is 59.7 Å². The van der Waals surface area contributed by atoms with Crippen molar-refractivity contribution < 1.29 is 14.4 Å². The summed E-state index contributed by atoms with van der Waals surface area (Å²) in [4.78, 5) is 37.7. The van der Waals surface area contributed by atoms with Crippen LogP contribution in [0.3, 0.4) is 0 Å². The van der Waals surface area contributed by atoms with Crippen LogP contribution in [0.5, 0.6) is 0 Å². The van der Waals surface area contributed by atoms with Crippen molar-refractivity contribution in [1.82, 2.24) is 10.2 Å². The van der Waals surface area contributed by atoms with E-state index in [0.29, 0.717) is 17.7 Å². The first-order valence-corrected chi connectivity index (χ1v) is 8.88. The summed E-state index contributed by atoms with van der Waals surface area (Å²) >= 11 is 0. The molecule has 0 aliphatic carbocycles. The Kier molecular flexibility index (Phi) is 6.71. The van der Waals surface area contributed by atoms with E-state index in [1.165, 1.54) is 4.90 Å². The fraction of sp³-hybridized carbons (Fsp3) is 0.286. The van der Waals surface area contributed by atoms with Gasteiger partial charge >= 0.3 is 0 Å². The fourth-order valence-electron chi connectivity index (χ4n) is 2.84. The van der Waals surface area contributed by atoms with Crippen molar-refractivity contribution in [2.45, 2.75) is 26.3 Å². The fourth-order valence-corrected chi connectivity index (χ4v) is 2.84. The summed E-state index contributed by atoms with van der Waals surface area (Å²) in [6, 6.07) is 14.1. The Morgan fingerprint density at radius 3 is 2.48 bits per heavy atom. The lowest BCUT2D eigenvalue weighted by Crippen LogP contribution is -2.37. The first-order chi connectivity index (χ1) is 12.8. The van der Waals surface area contributed by atoms with E-state index < -0.39 is 5.91 Å². The Bertz CT molecular complexity index is 848. The van der Waals surface area contributed by atoms with E-state index >= 15 is 0 Å². The molecule has 0 spiro atoms. The van der Waals surface area contributed by atoms with Gasteiger partial charge in [-0.15, -0.1) is 0 Å². The van der Waals surface area contributed by atoms with Crippen molar-refractivity contribution in [3.8, 4) is 11.1 Å². The second kappa shape index (κ2) is 8.98. The number of primary amides is 1. The molecule has 0 unspecified atom stereocenters. The maximum atomic E-state index is 12.8. The van der Waals surface area contributed by atoms with Crippen LogP contribution in [-0.2, 0) is 4.79 Å². The van der Waals surface area contributed by atoms with Crippen molar-refractivity contribution in [2.24, 2.45) is 5.73 Å². The van der Waals surface area contributed by atoms with E-state index in [1.807, 2.05) is 31.2 Å². The third kappa shape index (κ3) is 4.94. The van der Waals surface area contributed by atoms with Crippen LogP contribution in [0.25, 0.3) is 11.1 Å². The summed E-state index contributed by atoms with van der Waals surface area (Å²) in [6.45, 7) is 4.17. The second-order valence-corrected chi connectivity index (χ2v) is 6.42. The summed E-state index contributed by atoms with van der Waals surface area (Å²) < 4.78 is 0. The van der Waals surface area contributed by atoms with Gasteiger partial charge in [0.25, 0.3) is 11.8 Å². The largest absolute Gasteiger partial charge is 0.370 e. The maximum Gasteiger partial charge on any atom is 0.253 e. The molecule has 0 saturated heterocycles. The van der Waals surface area contributed by atoms with Crippen molar-refractivity contribution in [3.63, 3.8) is 0 Å². The molecule has 0 aliphatic heterocycles. The SMILES string of the molecule is CCNC(=O)c1ccccc1-c1cccc(C(=O)N(C)[C@H](C)CC(N)=O)c1. The summed E-state index contributed by atoms with van der Waals surface area (Å²) in [5.74, 6) is -0.815. The average Bonchev–Trinajstić information content (AvgIpc) is 2.66. The van der Waals surface area contributed by atoms with Gasteiger partial charge in [0.05, 0.1) is 0 Å². The van der Waals surface area contributed by atoms with Gasteiger partial charge in [0.1, 0.15) is 0 Å². The van der Waals surface area contributed by atoms with Crippen LogP contribution in [0.2, 0.25) is 0 Å². The number of nitrogens with zero attached hydrogens (tertiary/aromatic N) is 1. The summed E-state index contributed by atoms with van der Waals surface area (Å²) in [6.07, 6.45) is 0.0992. The molecule has 0 radical (unpaired) electrons. The van der Waals surface area contributed by atoms with E-state index in [1.54, 1.807) is 38.2 Å². The number of benzene rings is 2. The van der Waals surface area contributed by atoms with Crippen molar-refractivity contribution >= 4 is 17.7 Å². The molecule has 3 N–H and O–H groups in total. The van der Waals surface area contributed by atoms with E-state index in [4.69, 9.17) is 5.73 Å². The van der Waals surface area contributed by atoms with Crippen LogP contribution in [0.15, 0.2) is 48.5 Å². The second-order valence-electron chi connectivity index (χ2n) is 6.42. The molecule has 3 amide bonds. The maximum absolute atomic E-state index is 12.8. The zero-order chi connectivity index (χ0) is 20.0. The van der Waals surface area contributed by atoms with Gasteiger partial charge < -0.3 is 16.0 Å². The van der Waals surface area contributed by atoms with E-state index in [2.05, 4.69) is 5.32 Å². The van der Waals surface area contributed by atoms with E-state index in [0.717, 1.165) is 11.1 Å². The Morgan fingerprint density at radius 2 is 1.81 bits per heavy atom. The zero-order valence-corrected chi connectivity index (χ0v) is 15.9. The third-order valence-corrected chi connectivity index (χ3v) is 4.41. The number of nitrogens with one attached hydrogen (secondary N) is 1. The molecule has 6 heteroatoms. The predicted octanol–water partition coefficient (Wildman–Crippen LogP) is 2.44. The van der Waals surface area contributed by atoms with Crippen molar-refractivity contribution in [1.29, 1.82) is 0 Å². The minimum Gasteiger partial charge on any atom is -0.370 e. The van der Waals surface area contributed by atoms with Gasteiger partial charge in [0, 0.05) is 37.2 Å². The molecular formula is C21H25N3O3. The van der Waals surface area contributed by atoms with Gasteiger partial charge in [-0.3, -0.25) is 14.4 Å². The average molecular weight is 367 g/mol. The van der Waals surface area contributed by atoms with Gasteiger partial charge in [-0.1, -0.05) is 30.3 Å². The molecule has 0 fully saturated rings. The molecular weight excluding hydrogens is 342 g/mol. The van der Waals surface area contributed by atoms with Crippen molar-refractivity contribution in [2.75, 3.05) is 13.6 Å². The number of amides is 3. The molecule has 2 rings (SSSR count). The quantitative estimate of drug-likeness (QED) is 0.787. The molecule has 0 heterocycles. The standard InChI is InChI=1S/C21H25N3O3/c1-4-23-20(26)18-11-6-5-10-17(18)15-8-7-9-16(13-15)21(27)24(3)14(2)12-19(22)25/h5-11,13-14H,4,12H2,1-3H3,(H2,22,25)(H,23,26)/t14-/m1/s1. The molecule has 6 nitrogen and oxygen atoms in total. The lowest BCUT2D eigenvalue weighted by molar-refractivity contribution is -0.118. The number of hydrogen-bond donors (Lipinski definition) is 2. The number of hydrogen-bond acceptors (Lipinski definition) is 3. The van der Waals surface area contributed by atoms with Crippen LogP contribution in [0.4, 0.5) is 0 Å². The molecule has 0 aliphatic rings. The predicted molar refractivity (Wildman–Crippen MR) is 105 cm³/mol. The first-order valence-electron chi connectivity index (χ1n) is 8.88. The molecule has 142 valence electrons. The minimum atomic E-state index is -0.452. The highest BCUT2D eigenvalue weighted by atomic mass is 16.2. The monoisotopic (exact) mass is 367 g/mol. The molecule has 2 aromatic carbocycles. The number of carbonyl (C=O) groups excluding carboxylic acids is 3. The van der Waals surface area contributed by atoms with E-state index in [-0.39, 0.29) is 24.3 Å². The zero-order valence-electron chi connectivity index (χ0n) is 15.9. The van der Waals surface area contributed by atoms with Gasteiger partial charge in [-0.2, -0.15) is 0 Å². The van der Waals surface area contributed by atoms with Gasteiger partial charge in [0.2, 0.25) is 5.91 Å². The Balaban J connectivity index is 2.35. The van der Waals surface area contributed by atoms with Crippen LogP contribution < -0.4 is 11.1 Å². The van der Waals surface area contributed by atoms with Gasteiger partial charge in [-0.05, 0) is 43.2 Å². The Hall–Kier alpha value is -3.15. The molecule has 27 heavy (non-hydrogen) atoms. The summed E-state index contributed by atoms with van der Waals surface area (Å²) in [5, 5.41) is 2.80. The normalized spacial score (nSPS) is 11.5. The highest BCUT2D eigenvalue weighted by Gasteiger charge is 2.20. The van der Waals surface area contributed by atoms with Gasteiger partial charge in [-0.25, -0.2) is 0 Å². The van der Waals surface area contributed by atoms with Crippen LogP contribution in [0, 0.1) is 0 Å².